The molecule has 1 atom stereocenters. The highest BCUT2D eigenvalue weighted by atomic mass is 16.3. The lowest BCUT2D eigenvalue weighted by atomic mass is 10.1. The number of hydrogen-bond acceptors (Lipinski definition) is 3. The molecule has 0 aromatic heterocycles. The van der Waals surface area contributed by atoms with Crippen LogP contribution >= 0.6 is 0 Å². The summed E-state index contributed by atoms with van der Waals surface area (Å²) in [7, 11) is 0. The number of likely N-dealkylation sites (tertiary alicyclic amines) is 1. The number of amides is 1. The lowest BCUT2D eigenvalue weighted by Gasteiger charge is -2.16. The number of benzene rings is 1. The maximum atomic E-state index is 12.0. The third-order valence-corrected chi connectivity index (χ3v) is 2.83. The van der Waals surface area contributed by atoms with Crippen LogP contribution in [0.2, 0.25) is 0 Å². The molecule has 1 aliphatic rings. The average molecular weight is 221 g/mol. The summed E-state index contributed by atoms with van der Waals surface area (Å²) in [5.74, 6) is -0.208. The molecule has 1 aromatic carbocycles. The molecule has 1 aromatic rings. The van der Waals surface area contributed by atoms with Gasteiger partial charge in [-0.25, -0.2) is 0 Å². The standard InChI is InChI=1S/C12H15NO3/c1-8-2-3-10(11(15)6-8)12(16)13-5-4-9(14)7-13/h2-3,6,9,14-15H,4-5,7H2,1H3/t9-/m0/s1. The van der Waals surface area contributed by atoms with Gasteiger partial charge in [0.1, 0.15) is 5.75 Å². The smallest absolute Gasteiger partial charge is 0.257 e. The highest BCUT2D eigenvalue weighted by Crippen LogP contribution is 2.22. The zero-order chi connectivity index (χ0) is 11.7. The normalized spacial score (nSPS) is 20.1. The van der Waals surface area contributed by atoms with E-state index in [4.69, 9.17) is 0 Å². The molecule has 16 heavy (non-hydrogen) atoms. The van der Waals surface area contributed by atoms with Crippen molar-refractivity contribution < 1.29 is 15.0 Å². The van der Waals surface area contributed by atoms with E-state index in [2.05, 4.69) is 0 Å². The first-order valence-corrected chi connectivity index (χ1v) is 5.35. The number of nitrogens with zero attached hydrogens (tertiary/aromatic N) is 1. The Morgan fingerprint density at radius 1 is 1.50 bits per heavy atom. The molecule has 1 heterocycles. The fourth-order valence-corrected chi connectivity index (χ4v) is 1.92. The number of aryl methyl sites for hydroxylation is 1. The van der Waals surface area contributed by atoms with Gasteiger partial charge in [-0.2, -0.15) is 0 Å². The molecular weight excluding hydrogens is 206 g/mol. The number of phenols is 1. The Labute approximate surface area is 94.1 Å². The van der Waals surface area contributed by atoms with Crippen molar-refractivity contribution in [3.8, 4) is 5.75 Å². The molecule has 1 amide bonds. The lowest BCUT2D eigenvalue weighted by molar-refractivity contribution is 0.0762. The molecule has 0 saturated carbocycles. The SMILES string of the molecule is Cc1ccc(C(=O)N2CC[C@H](O)C2)c(O)c1. The minimum atomic E-state index is -0.434. The van der Waals surface area contributed by atoms with Gasteiger partial charge < -0.3 is 15.1 Å². The largest absolute Gasteiger partial charge is 0.507 e. The second kappa shape index (κ2) is 4.14. The number of aliphatic hydroxyl groups excluding tert-OH is 1. The Morgan fingerprint density at radius 3 is 2.81 bits per heavy atom. The van der Waals surface area contributed by atoms with Gasteiger partial charge in [-0.1, -0.05) is 6.07 Å². The molecule has 86 valence electrons. The molecule has 0 aliphatic carbocycles. The molecule has 0 bridgehead atoms. The van der Waals surface area contributed by atoms with Crippen LogP contribution in [0.3, 0.4) is 0 Å². The summed E-state index contributed by atoms with van der Waals surface area (Å²) in [5.41, 5.74) is 1.22. The summed E-state index contributed by atoms with van der Waals surface area (Å²) in [5, 5.41) is 19.0. The van der Waals surface area contributed by atoms with E-state index in [1.165, 1.54) is 0 Å². The van der Waals surface area contributed by atoms with E-state index >= 15 is 0 Å². The first-order chi connectivity index (χ1) is 7.58. The molecule has 0 spiro atoms. The van der Waals surface area contributed by atoms with Crippen molar-refractivity contribution in [3.63, 3.8) is 0 Å². The van der Waals surface area contributed by atoms with Crippen LogP contribution in [0.4, 0.5) is 0 Å². The van der Waals surface area contributed by atoms with Gasteiger partial charge in [-0.3, -0.25) is 4.79 Å². The molecule has 0 unspecified atom stereocenters. The number of phenolic OH excluding ortho intramolecular Hbond substituents is 1. The van der Waals surface area contributed by atoms with Crippen molar-refractivity contribution >= 4 is 5.91 Å². The Balaban J connectivity index is 2.21. The Hall–Kier alpha value is -1.55. The molecule has 2 rings (SSSR count). The second-order valence-electron chi connectivity index (χ2n) is 4.21. The number of aliphatic hydroxyl groups is 1. The minimum Gasteiger partial charge on any atom is -0.507 e. The molecule has 1 fully saturated rings. The summed E-state index contributed by atoms with van der Waals surface area (Å²) in [6, 6.07) is 4.98. The molecule has 4 heteroatoms. The fraction of sp³-hybridized carbons (Fsp3) is 0.417. The monoisotopic (exact) mass is 221 g/mol. The minimum absolute atomic E-state index is 0.00592. The number of rotatable bonds is 1. The average Bonchev–Trinajstić information content (AvgIpc) is 2.64. The zero-order valence-corrected chi connectivity index (χ0v) is 9.18. The zero-order valence-electron chi connectivity index (χ0n) is 9.18. The van der Waals surface area contributed by atoms with Crippen molar-refractivity contribution in [2.24, 2.45) is 0 Å². The van der Waals surface area contributed by atoms with Crippen molar-refractivity contribution in [2.75, 3.05) is 13.1 Å². The van der Waals surface area contributed by atoms with E-state index in [-0.39, 0.29) is 11.7 Å². The van der Waals surface area contributed by atoms with Crippen LogP contribution in [0.25, 0.3) is 0 Å². The number of aromatic hydroxyl groups is 1. The number of carbonyl (C=O) groups is 1. The van der Waals surface area contributed by atoms with E-state index in [1.54, 1.807) is 23.1 Å². The molecular formula is C12H15NO3. The first kappa shape index (κ1) is 11.0. The predicted octanol–water partition coefficient (Wildman–Crippen LogP) is 0.907. The van der Waals surface area contributed by atoms with Crippen LogP contribution in [-0.4, -0.2) is 40.2 Å². The quantitative estimate of drug-likeness (QED) is 0.741. The van der Waals surface area contributed by atoms with Crippen molar-refractivity contribution in [3.05, 3.63) is 29.3 Å². The summed E-state index contributed by atoms with van der Waals surface area (Å²) in [4.78, 5) is 13.5. The topological polar surface area (TPSA) is 60.8 Å². The van der Waals surface area contributed by atoms with Crippen LogP contribution < -0.4 is 0 Å². The Morgan fingerprint density at radius 2 is 2.25 bits per heavy atom. The van der Waals surface area contributed by atoms with Crippen LogP contribution in [0.1, 0.15) is 22.3 Å². The third-order valence-electron chi connectivity index (χ3n) is 2.83. The van der Waals surface area contributed by atoms with Crippen LogP contribution in [0.5, 0.6) is 5.75 Å². The van der Waals surface area contributed by atoms with E-state index in [9.17, 15) is 15.0 Å². The Kier molecular flexibility index (Phi) is 2.83. The van der Waals surface area contributed by atoms with Crippen LogP contribution in [-0.2, 0) is 0 Å². The van der Waals surface area contributed by atoms with Gasteiger partial charge in [-0.15, -0.1) is 0 Å². The predicted molar refractivity (Wildman–Crippen MR) is 59.4 cm³/mol. The number of β-amino-alcohol motifs (C(OH)–C–C–N with tert-alkyl or cyclic N) is 1. The van der Waals surface area contributed by atoms with Crippen LogP contribution in [0, 0.1) is 6.92 Å². The first-order valence-electron chi connectivity index (χ1n) is 5.35. The molecule has 0 radical (unpaired) electrons. The molecule has 1 saturated heterocycles. The maximum Gasteiger partial charge on any atom is 0.257 e. The van der Waals surface area contributed by atoms with Gasteiger partial charge in [0.15, 0.2) is 0 Å². The fourth-order valence-electron chi connectivity index (χ4n) is 1.92. The molecule has 2 N–H and O–H groups in total. The maximum absolute atomic E-state index is 12.0. The summed E-state index contributed by atoms with van der Waals surface area (Å²) < 4.78 is 0. The molecule has 4 nitrogen and oxygen atoms in total. The van der Waals surface area contributed by atoms with E-state index in [0.717, 1.165) is 5.56 Å². The van der Waals surface area contributed by atoms with Crippen molar-refractivity contribution in [2.45, 2.75) is 19.4 Å². The van der Waals surface area contributed by atoms with Crippen LogP contribution in [0.15, 0.2) is 18.2 Å². The van der Waals surface area contributed by atoms with Gasteiger partial charge in [0.25, 0.3) is 5.91 Å². The van der Waals surface area contributed by atoms with E-state index < -0.39 is 6.10 Å². The summed E-state index contributed by atoms with van der Waals surface area (Å²) >= 11 is 0. The third kappa shape index (κ3) is 2.02. The highest BCUT2D eigenvalue weighted by molar-refractivity contribution is 5.97. The van der Waals surface area contributed by atoms with Gasteiger partial charge in [0.2, 0.25) is 0 Å². The van der Waals surface area contributed by atoms with Gasteiger partial charge in [0.05, 0.1) is 11.7 Å². The summed E-state index contributed by atoms with van der Waals surface area (Å²) in [6.07, 6.45) is 0.176. The van der Waals surface area contributed by atoms with Crippen molar-refractivity contribution in [1.29, 1.82) is 0 Å². The Bertz CT molecular complexity index is 417. The lowest BCUT2D eigenvalue weighted by Crippen LogP contribution is -2.29. The highest BCUT2D eigenvalue weighted by Gasteiger charge is 2.26. The van der Waals surface area contributed by atoms with Crippen molar-refractivity contribution in [1.82, 2.24) is 4.90 Å². The van der Waals surface area contributed by atoms with E-state index in [0.29, 0.717) is 25.1 Å². The summed E-state index contributed by atoms with van der Waals surface area (Å²) in [6.45, 7) is 2.76. The van der Waals surface area contributed by atoms with E-state index in [1.807, 2.05) is 6.92 Å². The van der Waals surface area contributed by atoms with Gasteiger partial charge in [-0.05, 0) is 31.0 Å². The molecule has 1 aliphatic heterocycles. The number of hydrogen-bond donors (Lipinski definition) is 2. The van der Waals surface area contributed by atoms with Gasteiger partial charge in [0, 0.05) is 13.1 Å². The number of carbonyl (C=O) groups excluding carboxylic acids is 1. The second-order valence-corrected chi connectivity index (χ2v) is 4.21. The van der Waals surface area contributed by atoms with Gasteiger partial charge >= 0.3 is 0 Å².